The first-order valence-corrected chi connectivity index (χ1v) is 9.57. The number of carbonyl (C=O) groups is 1. The number of nitrogen functional groups attached to an aromatic ring is 1. The average molecular weight is 430 g/mol. The number of anilines is 2. The number of fused-ring (bicyclic) bond motifs is 1. The summed E-state index contributed by atoms with van der Waals surface area (Å²) in [7, 11) is 0. The number of aromatic carboxylic acids is 1. The highest BCUT2D eigenvalue weighted by molar-refractivity contribution is 5.87. The van der Waals surface area contributed by atoms with Crippen molar-refractivity contribution in [2.75, 3.05) is 24.2 Å². The van der Waals surface area contributed by atoms with Crippen LogP contribution in [0.4, 0.5) is 11.8 Å². The number of aliphatic hydroxyl groups is 3. The van der Waals surface area contributed by atoms with Gasteiger partial charge in [-0.05, 0) is 24.1 Å². The second kappa shape index (κ2) is 8.43. The lowest BCUT2D eigenvalue weighted by Gasteiger charge is -2.16. The second-order valence-electron chi connectivity index (χ2n) is 7.16. The molecule has 12 nitrogen and oxygen atoms in total. The summed E-state index contributed by atoms with van der Waals surface area (Å²) >= 11 is 0. The molecule has 12 heteroatoms. The van der Waals surface area contributed by atoms with Gasteiger partial charge in [-0.1, -0.05) is 12.1 Å². The van der Waals surface area contributed by atoms with Gasteiger partial charge in [0, 0.05) is 6.54 Å². The third kappa shape index (κ3) is 4.01. The van der Waals surface area contributed by atoms with Crippen LogP contribution in [0, 0.1) is 0 Å². The molecule has 0 amide bonds. The molecule has 0 aliphatic carbocycles. The van der Waals surface area contributed by atoms with Crippen LogP contribution >= 0.6 is 0 Å². The van der Waals surface area contributed by atoms with Crippen LogP contribution in [0.15, 0.2) is 30.6 Å². The molecule has 3 aromatic rings. The number of carboxylic acids is 1. The molecule has 31 heavy (non-hydrogen) atoms. The van der Waals surface area contributed by atoms with Crippen LogP contribution in [0.5, 0.6) is 0 Å². The number of aromatic nitrogens is 4. The van der Waals surface area contributed by atoms with Crippen molar-refractivity contribution in [3.05, 3.63) is 41.7 Å². The Bertz CT molecular complexity index is 1090. The number of rotatable bonds is 7. The number of nitrogens with two attached hydrogens (primary N) is 1. The van der Waals surface area contributed by atoms with Crippen molar-refractivity contribution in [2.45, 2.75) is 31.0 Å². The smallest absolute Gasteiger partial charge is 0.335 e. The Hall–Kier alpha value is -3.32. The van der Waals surface area contributed by atoms with E-state index in [0.29, 0.717) is 24.1 Å². The Morgan fingerprint density at radius 3 is 2.58 bits per heavy atom. The van der Waals surface area contributed by atoms with Crippen molar-refractivity contribution in [3.63, 3.8) is 0 Å². The van der Waals surface area contributed by atoms with E-state index in [9.17, 15) is 20.1 Å². The summed E-state index contributed by atoms with van der Waals surface area (Å²) in [5.74, 6) is -0.614. The highest BCUT2D eigenvalue weighted by atomic mass is 16.6. The summed E-state index contributed by atoms with van der Waals surface area (Å²) in [6.07, 6.45) is -2.49. The molecule has 1 fully saturated rings. The van der Waals surface area contributed by atoms with E-state index in [2.05, 4.69) is 20.3 Å². The van der Waals surface area contributed by atoms with E-state index in [1.807, 2.05) is 0 Å². The minimum Gasteiger partial charge on any atom is -0.478 e. The fourth-order valence-electron chi connectivity index (χ4n) is 3.45. The number of nitrogens with zero attached hydrogens (tertiary/aromatic N) is 4. The first-order valence-electron chi connectivity index (χ1n) is 9.57. The highest BCUT2D eigenvalue weighted by Gasteiger charge is 2.44. The van der Waals surface area contributed by atoms with Crippen LogP contribution in [-0.2, 0) is 11.2 Å². The van der Waals surface area contributed by atoms with Gasteiger partial charge >= 0.3 is 5.97 Å². The topological polar surface area (TPSA) is 189 Å². The van der Waals surface area contributed by atoms with E-state index >= 15 is 0 Å². The molecule has 1 saturated heterocycles. The van der Waals surface area contributed by atoms with Crippen molar-refractivity contribution < 1.29 is 30.0 Å². The number of benzene rings is 1. The Kier molecular flexibility index (Phi) is 5.69. The maximum atomic E-state index is 10.9. The van der Waals surface area contributed by atoms with Crippen molar-refractivity contribution >= 4 is 28.9 Å². The van der Waals surface area contributed by atoms with Gasteiger partial charge in [0.05, 0.1) is 18.5 Å². The molecular weight excluding hydrogens is 408 g/mol. The molecule has 164 valence electrons. The maximum absolute atomic E-state index is 10.9. The van der Waals surface area contributed by atoms with Crippen LogP contribution in [0.2, 0.25) is 0 Å². The number of carboxylic acid groups (broad SMARTS) is 1. The number of hydrogen-bond donors (Lipinski definition) is 6. The summed E-state index contributed by atoms with van der Waals surface area (Å²) < 4.78 is 6.98. The van der Waals surface area contributed by atoms with E-state index in [0.717, 1.165) is 5.56 Å². The number of ether oxygens (including phenoxy) is 1. The molecule has 4 rings (SSSR count). The zero-order valence-electron chi connectivity index (χ0n) is 16.3. The SMILES string of the molecule is Nc1nc(NCCc2ccc(C(=O)O)cc2)nc2c1ncn2[C@@H]1O[C@H](CO)C(O)C1O. The van der Waals surface area contributed by atoms with E-state index in [-0.39, 0.29) is 17.3 Å². The van der Waals surface area contributed by atoms with Gasteiger partial charge in [-0.2, -0.15) is 9.97 Å². The van der Waals surface area contributed by atoms with Crippen molar-refractivity contribution in [3.8, 4) is 0 Å². The molecule has 1 aliphatic heterocycles. The van der Waals surface area contributed by atoms with Gasteiger partial charge in [0.15, 0.2) is 17.7 Å². The van der Waals surface area contributed by atoms with E-state index in [1.165, 1.54) is 23.0 Å². The monoisotopic (exact) mass is 430 g/mol. The fraction of sp³-hybridized carbons (Fsp3) is 0.368. The predicted octanol–water partition coefficient (Wildman–Crippen LogP) is -0.627. The van der Waals surface area contributed by atoms with Crippen LogP contribution in [0.3, 0.4) is 0 Å². The Morgan fingerprint density at radius 1 is 1.19 bits per heavy atom. The largest absolute Gasteiger partial charge is 0.478 e. The van der Waals surface area contributed by atoms with Gasteiger partial charge in [0.25, 0.3) is 0 Å². The predicted molar refractivity (Wildman–Crippen MR) is 108 cm³/mol. The van der Waals surface area contributed by atoms with Crippen molar-refractivity contribution in [1.82, 2.24) is 19.5 Å². The number of hydrogen-bond acceptors (Lipinski definition) is 10. The molecule has 0 radical (unpaired) electrons. The van der Waals surface area contributed by atoms with Crippen LogP contribution in [0.25, 0.3) is 11.2 Å². The first-order chi connectivity index (χ1) is 14.9. The van der Waals surface area contributed by atoms with Gasteiger partial charge < -0.3 is 36.2 Å². The minimum atomic E-state index is -1.28. The van der Waals surface area contributed by atoms with Gasteiger partial charge in [0.1, 0.15) is 23.8 Å². The molecule has 0 bridgehead atoms. The van der Waals surface area contributed by atoms with E-state index in [1.54, 1.807) is 12.1 Å². The summed E-state index contributed by atoms with van der Waals surface area (Å²) in [6, 6.07) is 6.55. The highest BCUT2D eigenvalue weighted by Crippen LogP contribution is 2.32. The molecule has 1 aliphatic rings. The van der Waals surface area contributed by atoms with Crippen LogP contribution in [0.1, 0.15) is 22.1 Å². The van der Waals surface area contributed by atoms with Gasteiger partial charge in [-0.25, -0.2) is 9.78 Å². The van der Waals surface area contributed by atoms with Crippen molar-refractivity contribution in [1.29, 1.82) is 0 Å². The standard InChI is InChI=1S/C19H22N6O6/c20-15-12-16(25(8-22-12)17-14(28)13(27)11(7-26)31-17)24-19(23-15)21-6-5-9-1-3-10(4-2-9)18(29)30/h1-4,8,11,13-14,17,26-28H,5-7H2,(H,29,30)(H3,20,21,23,24)/t11-,13?,14?,17-/m1/s1. The molecule has 2 aromatic heterocycles. The normalized spacial score (nSPS) is 23.3. The lowest BCUT2D eigenvalue weighted by Crippen LogP contribution is -2.33. The molecular formula is C19H22N6O6. The maximum Gasteiger partial charge on any atom is 0.335 e. The van der Waals surface area contributed by atoms with Gasteiger partial charge in [-0.3, -0.25) is 4.57 Å². The number of nitrogens with one attached hydrogen (secondary N) is 1. The quantitative estimate of drug-likeness (QED) is 0.280. The molecule has 0 saturated carbocycles. The van der Waals surface area contributed by atoms with Gasteiger partial charge in [-0.15, -0.1) is 0 Å². The lowest BCUT2D eigenvalue weighted by molar-refractivity contribution is -0.0511. The Balaban J connectivity index is 1.50. The molecule has 4 atom stereocenters. The average Bonchev–Trinajstić information content (AvgIpc) is 3.30. The van der Waals surface area contributed by atoms with E-state index < -0.39 is 37.1 Å². The summed E-state index contributed by atoms with van der Waals surface area (Å²) in [5.41, 5.74) is 7.76. The Morgan fingerprint density at radius 2 is 1.94 bits per heavy atom. The lowest BCUT2D eigenvalue weighted by atomic mass is 10.1. The third-order valence-electron chi connectivity index (χ3n) is 5.14. The minimum absolute atomic E-state index is 0.129. The van der Waals surface area contributed by atoms with Crippen LogP contribution < -0.4 is 11.1 Å². The number of aliphatic hydroxyl groups excluding tert-OH is 3. The third-order valence-corrected chi connectivity index (χ3v) is 5.14. The van der Waals surface area contributed by atoms with E-state index in [4.69, 9.17) is 15.6 Å². The summed E-state index contributed by atoms with van der Waals surface area (Å²) in [6.45, 7) is 0.0120. The molecule has 2 unspecified atom stereocenters. The Labute approximate surface area is 176 Å². The van der Waals surface area contributed by atoms with Gasteiger partial charge in [0.2, 0.25) is 5.95 Å². The number of imidazole rings is 1. The zero-order valence-corrected chi connectivity index (χ0v) is 16.3. The molecule has 3 heterocycles. The zero-order chi connectivity index (χ0) is 22.1. The summed E-state index contributed by atoms with van der Waals surface area (Å²) in [4.78, 5) is 23.7. The van der Waals surface area contributed by atoms with Crippen molar-refractivity contribution in [2.24, 2.45) is 0 Å². The van der Waals surface area contributed by atoms with Crippen LogP contribution in [-0.4, -0.2) is 77.4 Å². The second-order valence-corrected chi connectivity index (χ2v) is 7.16. The first kappa shape index (κ1) is 20.9. The molecule has 1 aromatic carbocycles. The fourth-order valence-corrected chi connectivity index (χ4v) is 3.45. The molecule has 7 N–H and O–H groups in total. The molecule has 0 spiro atoms. The summed E-state index contributed by atoms with van der Waals surface area (Å²) in [5, 5.41) is 41.6.